The Bertz CT molecular complexity index is 432. The van der Waals surface area contributed by atoms with Crippen LogP contribution >= 0.6 is 0 Å². The number of carbonyl (C=O) groups excluding carboxylic acids is 2. The highest BCUT2D eigenvalue weighted by atomic mass is 16.5. The third kappa shape index (κ3) is 4.84. The molecule has 18 heavy (non-hydrogen) atoms. The Hall–Kier alpha value is -2.08. The van der Waals surface area contributed by atoms with Crippen LogP contribution in [0.15, 0.2) is 24.3 Å². The van der Waals surface area contributed by atoms with Gasteiger partial charge in [0.2, 0.25) is 0 Å². The maximum absolute atomic E-state index is 11.3. The maximum Gasteiger partial charge on any atom is 0.276 e. The van der Waals surface area contributed by atoms with E-state index < -0.39 is 17.9 Å². The summed E-state index contributed by atoms with van der Waals surface area (Å²) >= 11 is 0. The van der Waals surface area contributed by atoms with Crippen LogP contribution in [0.25, 0.3) is 0 Å². The Labute approximate surface area is 105 Å². The molecule has 0 heterocycles. The molecule has 6 heteroatoms. The third-order valence-electron chi connectivity index (χ3n) is 2.10. The standard InChI is InChI=1S/C12H17N3O3/c1-8-4-3-5-10(6-8)18-7-11(16)14-15-12(17)9(2)13/h3-6,9H,7,13H2,1-2H3,(H,14,16)(H,15,17). The Balaban J connectivity index is 2.31. The highest BCUT2D eigenvalue weighted by molar-refractivity contribution is 5.85. The molecule has 1 aromatic carbocycles. The lowest BCUT2D eigenvalue weighted by Gasteiger charge is -2.10. The normalized spacial score (nSPS) is 11.5. The zero-order valence-electron chi connectivity index (χ0n) is 10.4. The molecule has 1 rings (SSSR count). The highest BCUT2D eigenvalue weighted by Crippen LogP contribution is 2.11. The van der Waals surface area contributed by atoms with E-state index in [0.29, 0.717) is 5.75 Å². The minimum atomic E-state index is -0.678. The van der Waals surface area contributed by atoms with Gasteiger partial charge in [-0.05, 0) is 31.5 Å². The van der Waals surface area contributed by atoms with Gasteiger partial charge in [-0.1, -0.05) is 12.1 Å². The fraction of sp³-hybridized carbons (Fsp3) is 0.333. The fourth-order valence-electron chi connectivity index (χ4n) is 1.14. The van der Waals surface area contributed by atoms with E-state index in [4.69, 9.17) is 10.5 Å². The van der Waals surface area contributed by atoms with Gasteiger partial charge in [0.25, 0.3) is 11.8 Å². The molecule has 1 atom stereocenters. The van der Waals surface area contributed by atoms with Crippen molar-refractivity contribution >= 4 is 11.8 Å². The van der Waals surface area contributed by atoms with Gasteiger partial charge in [0, 0.05) is 0 Å². The lowest BCUT2D eigenvalue weighted by atomic mass is 10.2. The Morgan fingerprint density at radius 3 is 2.72 bits per heavy atom. The molecule has 0 spiro atoms. The smallest absolute Gasteiger partial charge is 0.276 e. The van der Waals surface area contributed by atoms with Gasteiger partial charge < -0.3 is 10.5 Å². The summed E-state index contributed by atoms with van der Waals surface area (Å²) in [4.78, 5) is 22.4. The molecule has 0 saturated heterocycles. The number of amides is 2. The molecule has 4 N–H and O–H groups in total. The molecular formula is C12H17N3O3. The van der Waals surface area contributed by atoms with Crippen molar-refractivity contribution < 1.29 is 14.3 Å². The van der Waals surface area contributed by atoms with Crippen LogP contribution in [0.4, 0.5) is 0 Å². The Morgan fingerprint density at radius 2 is 2.11 bits per heavy atom. The summed E-state index contributed by atoms with van der Waals surface area (Å²) in [5.41, 5.74) is 10.7. The zero-order valence-corrected chi connectivity index (χ0v) is 10.4. The first-order chi connectivity index (χ1) is 8.49. The largest absolute Gasteiger partial charge is 0.484 e. The number of benzene rings is 1. The quantitative estimate of drug-likeness (QED) is 0.650. The number of hydrogen-bond acceptors (Lipinski definition) is 4. The molecule has 0 radical (unpaired) electrons. The van der Waals surface area contributed by atoms with Crippen molar-refractivity contribution in [3.8, 4) is 5.75 Å². The van der Waals surface area contributed by atoms with E-state index in [0.717, 1.165) is 5.56 Å². The van der Waals surface area contributed by atoms with Gasteiger partial charge in [0.05, 0.1) is 6.04 Å². The molecule has 1 unspecified atom stereocenters. The average molecular weight is 251 g/mol. The molecule has 0 saturated carbocycles. The van der Waals surface area contributed by atoms with Gasteiger partial charge in [-0.15, -0.1) is 0 Å². The van der Waals surface area contributed by atoms with Gasteiger partial charge >= 0.3 is 0 Å². The molecule has 2 amide bonds. The van der Waals surface area contributed by atoms with Crippen molar-refractivity contribution in [2.24, 2.45) is 5.73 Å². The summed E-state index contributed by atoms with van der Waals surface area (Å²) in [5.74, 6) is -0.312. The molecule has 0 aliphatic rings. The molecule has 1 aromatic rings. The van der Waals surface area contributed by atoms with Crippen molar-refractivity contribution in [2.45, 2.75) is 19.9 Å². The van der Waals surface area contributed by atoms with Crippen molar-refractivity contribution in [1.29, 1.82) is 0 Å². The van der Waals surface area contributed by atoms with Crippen LogP contribution in [0.3, 0.4) is 0 Å². The number of ether oxygens (including phenoxy) is 1. The summed E-state index contributed by atoms with van der Waals surface area (Å²) in [6.45, 7) is 3.27. The molecule has 0 fully saturated rings. The second kappa shape index (κ2) is 6.61. The summed E-state index contributed by atoms with van der Waals surface area (Å²) in [7, 11) is 0. The molecular weight excluding hydrogens is 234 g/mol. The van der Waals surface area contributed by atoms with Gasteiger partial charge in [-0.2, -0.15) is 0 Å². The Morgan fingerprint density at radius 1 is 1.39 bits per heavy atom. The van der Waals surface area contributed by atoms with Gasteiger partial charge in [0.15, 0.2) is 6.61 Å². The van der Waals surface area contributed by atoms with Crippen molar-refractivity contribution in [3.05, 3.63) is 29.8 Å². The topological polar surface area (TPSA) is 93.5 Å². The van der Waals surface area contributed by atoms with E-state index in [-0.39, 0.29) is 6.61 Å². The van der Waals surface area contributed by atoms with Gasteiger partial charge in [-0.3, -0.25) is 20.4 Å². The highest BCUT2D eigenvalue weighted by Gasteiger charge is 2.08. The van der Waals surface area contributed by atoms with E-state index in [1.807, 2.05) is 25.1 Å². The van der Waals surface area contributed by atoms with Gasteiger partial charge in [-0.25, -0.2) is 0 Å². The minimum absolute atomic E-state index is 0.178. The first-order valence-corrected chi connectivity index (χ1v) is 5.53. The van der Waals surface area contributed by atoms with Crippen LogP contribution in [-0.2, 0) is 9.59 Å². The van der Waals surface area contributed by atoms with Crippen LogP contribution in [-0.4, -0.2) is 24.5 Å². The molecule has 0 aromatic heterocycles. The summed E-state index contributed by atoms with van der Waals surface area (Å²) in [6.07, 6.45) is 0. The van der Waals surface area contributed by atoms with Crippen LogP contribution < -0.4 is 21.3 Å². The first kappa shape index (κ1) is 14.0. The number of aryl methyl sites for hydroxylation is 1. The average Bonchev–Trinajstić information content (AvgIpc) is 2.33. The maximum atomic E-state index is 11.3. The van der Waals surface area contributed by atoms with Crippen molar-refractivity contribution in [2.75, 3.05) is 6.61 Å². The third-order valence-corrected chi connectivity index (χ3v) is 2.10. The molecule has 6 nitrogen and oxygen atoms in total. The van der Waals surface area contributed by atoms with E-state index in [9.17, 15) is 9.59 Å². The van der Waals surface area contributed by atoms with Crippen molar-refractivity contribution in [3.63, 3.8) is 0 Å². The summed E-state index contributed by atoms with van der Waals surface area (Å²) in [6, 6.07) is 6.65. The van der Waals surface area contributed by atoms with Crippen LogP contribution in [0.5, 0.6) is 5.75 Å². The minimum Gasteiger partial charge on any atom is -0.484 e. The summed E-state index contributed by atoms with van der Waals surface area (Å²) < 4.78 is 5.25. The first-order valence-electron chi connectivity index (χ1n) is 5.53. The van der Waals surface area contributed by atoms with Gasteiger partial charge in [0.1, 0.15) is 5.75 Å². The fourth-order valence-corrected chi connectivity index (χ4v) is 1.14. The van der Waals surface area contributed by atoms with Crippen LogP contribution in [0.1, 0.15) is 12.5 Å². The lowest BCUT2D eigenvalue weighted by molar-refractivity contribution is -0.130. The van der Waals surface area contributed by atoms with Crippen LogP contribution in [0, 0.1) is 6.92 Å². The molecule has 0 aliphatic carbocycles. The zero-order chi connectivity index (χ0) is 13.5. The lowest BCUT2D eigenvalue weighted by Crippen LogP contribution is -2.49. The number of nitrogens with two attached hydrogens (primary N) is 1. The van der Waals surface area contributed by atoms with E-state index in [2.05, 4.69) is 10.9 Å². The predicted molar refractivity (Wildman–Crippen MR) is 66.6 cm³/mol. The summed E-state index contributed by atoms with van der Waals surface area (Å²) in [5, 5.41) is 0. The van der Waals surface area contributed by atoms with E-state index in [1.165, 1.54) is 6.92 Å². The predicted octanol–water partition coefficient (Wildman–Crippen LogP) is -0.132. The molecule has 0 aliphatic heterocycles. The SMILES string of the molecule is Cc1cccc(OCC(=O)NNC(=O)C(C)N)c1. The second-order valence-electron chi connectivity index (χ2n) is 3.93. The number of hydrazine groups is 1. The second-order valence-corrected chi connectivity index (χ2v) is 3.93. The number of nitrogens with one attached hydrogen (secondary N) is 2. The van der Waals surface area contributed by atoms with E-state index >= 15 is 0 Å². The number of hydrogen-bond donors (Lipinski definition) is 3. The van der Waals surface area contributed by atoms with Crippen molar-refractivity contribution in [1.82, 2.24) is 10.9 Å². The Kier molecular flexibility index (Phi) is 5.13. The van der Waals surface area contributed by atoms with Crippen LogP contribution in [0.2, 0.25) is 0 Å². The number of carbonyl (C=O) groups is 2. The van der Waals surface area contributed by atoms with E-state index in [1.54, 1.807) is 6.07 Å². The molecule has 98 valence electrons. The number of rotatable bonds is 4. The molecule has 0 bridgehead atoms. The monoisotopic (exact) mass is 251 g/mol.